The Morgan fingerprint density at radius 2 is 1.90 bits per heavy atom. The maximum Gasteiger partial charge on any atom is 0.314 e. The summed E-state index contributed by atoms with van der Waals surface area (Å²) in [6.07, 6.45) is 2.11. The van der Waals surface area contributed by atoms with Crippen molar-refractivity contribution < 1.29 is 14.7 Å². The van der Waals surface area contributed by atoms with Crippen molar-refractivity contribution in [3.63, 3.8) is 0 Å². The summed E-state index contributed by atoms with van der Waals surface area (Å²) in [5.41, 5.74) is 0. The molecule has 3 N–H and O–H groups in total. The molecule has 0 saturated heterocycles. The van der Waals surface area contributed by atoms with Crippen LogP contribution in [0.4, 0.5) is 4.79 Å². The number of hydrogen-bond acceptors (Lipinski definition) is 3. The molecule has 0 bridgehead atoms. The van der Waals surface area contributed by atoms with Gasteiger partial charge in [0.05, 0.1) is 6.42 Å². The van der Waals surface area contributed by atoms with E-state index < -0.39 is 5.97 Å². The van der Waals surface area contributed by atoms with Gasteiger partial charge in [0, 0.05) is 22.7 Å². The van der Waals surface area contributed by atoms with Gasteiger partial charge in [0.2, 0.25) is 0 Å². The minimum absolute atomic E-state index is 0.0582. The van der Waals surface area contributed by atoms with Crippen LogP contribution in [-0.2, 0) is 4.79 Å². The van der Waals surface area contributed by atoms with Crippen molar-refractivity contribution in [2.75, 3.05) is 13.1 Å². The molecule has 1 aromatic rings. The Balaban J connectivity index is 1.70. The number of benzene rings is 1. The fourth-order valence-corrected chi connectivity index (χ4v) is 3.02. The number of hydrogen-bond donors (Lipinski definition) is 3. The molecule has 0 aromatic heterocycles. The van der Waals surface area contributed by atoms with E-state index in [2.05, 4.69) is 22.8 Å². The number of carboxylic acid groups (broad SMARTS) is 1. The molecule has 1 aliphatic rings. The third-order valence-electron chi connectivity index (χ3n) is 3.08. The van der Waals surface area contributed by atoms with Gasteiger partial charge in [0.1, 0.15) is 0 Å². The van der Waals surface area contributed by atoms with Gasteiger partial charge in [-0.15, -0.1) is 11.8 Å². The largest absolute Gasteiger partial charge is 0.481 e. The number of carboxylic acids is 1. The topological polar surface area (TPSA) is 78.4 Å². The molecule has 1 saturated carbocycles. The summed E-state index contributed by atoms with van der Waals surface area (Å²) in [4.78, 5) is 23.1. The average molecular weight is 294 g/mol. The van der Waals surface area contributed by atoms with Crippen molar-refractivity contribution >= 4 is 23.8 Å². The molecule has 108 valence electrons. The van der Waals surface area contributed by atoms with E-state index in [-0.39, 0.29) is 23.7 Å². The number of amides is 2. The number of nitrogens with one attached hydrogen (secondary N) is 2. The molecular weight excluding hydrogens is 276 g/mol. The number of urea groups is 1. The molecule has 0 heterocycles. The van der Waals surface area contributed by atoms with E-state index in [1.165, 1.54) is 4.90 Å². The SMILES string of the molecule is O=C(O)CCNC(=O)NCC1(Sc2ccccc2)CC1. The van der Waals surface area contributed by atoms with Crippen LogP contribution in [0.5, 0.6) is 0 Å². The monoisotopic (exact) mass is 294 g/mol. The summed E-state index contributed by atoms with van der Waals surface area (Å²) < 4.78 is 0.103. The normalized spacial score (nSPS) is 15.4. The lowest BCUT2D eigenvalue weighted by molar-refractivity contribution is -0.136. The Bertz CT molecular complexity index is 475. The van der Waals surface area contributed by atoms with Gasteiger partial charge in [-0.1, -0.05) is 18.2 Å². The minimum Gasteiger partial charge on any atom is -0.481 e. The Labute approximate surface area is 122 Å². The third kappa shape index (κ3) is 4.77. The molecule has 0 radical (unpaired) electrons. The minimum atomic E-state index is -0.913. The number of aliphatic carboxylic acids is 1. The Morgan fingerprint density at radius 3 is 2.50 bits per heavy atom. The van der Waals surface area contributed by atoms with Crippen molar-refractivity contribution in [2.24, 2.45) is 0 Å². The van der Waals surface area contributed by atoms with Crippen LogP contribution in [0.2, 0.25) is 0 Å². The zero-order valence-corrected chi connectivity index (χ0v) is 11.9. The lowest BCUT2D eigenvalue weighted by Gasteiger charge is -2.16. The molecule has 20 heavy (non-hydrogen) atoms. The molecule has 0 spiro atoms. The molecule has 0 aliphatic heterocycles. The van der Waals surface area contributed by atoms with Gasteiger partial charge < -0.3 is 15.7 Å². The molecule has 1 aliphatic carbocycles. The molecule has 2 amide bonds. The predicted octanol–water partition coefficient (Wildman–Crippen LogP) is 2.09. The Morgan fingerprint density at radius 1 is 1.20 bits per heavy atom. The van der Waals surface area contributed by atoms with Crippen molar-refractivity contribution in [1.29, 1.82) is 0 Å². The highest BCUT2D eigenvalue weighted by atomic mass is 32.2. The maximum atomic E-state index is 11.5. The van der Waals surface area contributed by atoms with Crippen LogP contribution in [0, 0.1) is 0 Å². The third-order valence-corrected chi connectivity index (χ3v) is 4.57. The molecule has 6 heteroatoms. The van der Waals surface area contributed by atoms with Gasteiger partial charge in [0.25, 0.3) is 0 Å². The zero-order valence-electron chi connectivity index (χ0n) is 11.1. The quantitative estimate of drug-likeness (QED) is 0.719. The summed E-state index contributed by atoms with van der Waals surface area (Å²) in [6, 6.07) is 9.83. The molecule has 0 unspecified atom stereocenters. The van der Waals surface area contributed by atoms with E-state index in [0.717, 1.165) is 12.8 Å². The lowest BCUT2D eigenvalue weighted by Crippen LogP contribution is -2.40. The van der Waals surface area contributed by atoms with Gasteiger partial charge in [-0.05, 0) is 25.0 Å². The second-order valence-electron chi connectivity index (χ2n) is 4.85. The Kier molecular flexibility index (Phi) is 4.89. The molecule has 5 nitrogen and oxygen atoms in total. The molecule has 1 aromatic carbocycles. The average Bonchev–Trinajstić information content (AvgIpc) is 3.17. The van der Waals surface area contributed by atoms with E-state index in [9.17, 15) is 9.59 Å². The smallest absolute Gasteiger partial charge is 0.314 e. The van der Waals surface area contributed by atoms with Crippen molar-refractivity contribution in [3.8, 4) is 0 Å². The van der Waals surface area contributed by atoms with Gasteiger partial charge in [-0.3, -0.25) is 4.79 Å². The van der Waals surface area contributed by atoms with Crippen molar-refractivity contribution in [2.45, 2.75) is 28.9 Å². The van der Waals surface area contributed by atoms with Gasteiger partial charge in [0.15, 0.2) is 0 Å². The van der Waals surface area contributed by atoms with Crippen LogP contribution in [-0.4, -0.2) is 34.9 Å². The van der Waals surface area contributed by atoms with Crippen molar-refractivity contribution in [3.05, 3.63) is 30.3 Å². The van der Waals surface area contributed by atoms with Crippen LogP contribution in [0.15, 0.2) is 35.2 Å². The summed E-state index contributed by atoms with van der Waals surface area (Å²) >= 11 is 1.79. The maximum absolute atomic E-state index is 11.5. The van der Waals surface area contributed by atoms with E-state index in [0.29, 0.717) is 6.54 Å². The number of carbonyl (C=O) groups excluding carboxylic acids is 1. The predicted molar refractivity (Wildman–Crippen MR) is 77.9 cm³/mol. The first-order valence-corrected chi connectivity index (χ1v) is 7.39. The second kappa shape index (κ2) is 6.65. The zero-order chi connectivity index (χ0) is 14.4. The Hall–Kier alpha value is -1.69. The number of rotatable bonds is 7. The number of thioether (sulfide) groups is 1. The highest BCUT2D eigenvalue weighted by molar-refractivity contribution is 8.01. The summed E-state index contributed by atoms with van der Waals surface area (Å²) in [5, 5.41) is 13.8. The van der Waals surface area contributed by atoms with E-state index in [1.54, 1.807) is 11.8 Å². The van der Waals surface area contributed by atoms with E-state index >= 15 is 0 Å². The lowest BCUT2D eigenvalue weighted by atomic mass is 10.4. The summed E-state index contributed by atoms with van der Waals surface area (Å²) in [5.74, 6) is -0.913. The van der Waals surface area contributed by atoms with Crippen molar-refractivity contribution in [1.82, 2.24) is 10.6 Å². The highest BCUT2D eigenvalue weighted by Crippen LogP contribution is 2.51. The standard InChI is InChI=1S/C14H18N2O3S/c17-12(18)6-9-15-13(19)16-10-14(7-8-14)20-11-4-2-1-3-5-11/h1-5H,6-10H2,(H,17,18)(H2,15,16,19). The van der Waals surface area contributed by atoms with E-state index in [4.69, 9.17) is 5.11 Å². The highest BCUT2D eigenvalue weighted by Gasteiger charge is 2.43. The van der Waals surface area contributed by atoms with Crippen LogP contribution < -0.4 is 10.6 Å². The molecular formula is C14H18N2O3S. The second-order valence-corrected chi connectivity index (χ2v) is 6.39. The van der Waals surface area contributed by atoms with Crippen LogP contribution in [0.3, 0.4) is 0 Å². The number of carbonyl (C=O) groups is 2. The van der Waals surface area contributed by atoms with Crippen LogP contribution >= 0.6 is 11.8 Å². The van der Waals surface area contributed by atoms with Crippen LogP contribution in [0.1, 0.15) is 19.3 Å². The summed E-state index contributed by atoms with van der Waals surface area (Å²) in [7, 11) is 0. The van der Waals surface area contributed by atoms with Crippen LogP contribution in [0.25, 0.3) is 0 Å². The fourth-order valence-electron chi connectivity index (χ4n) is 1.78. The van der Waals surface area contributed by atoms with Gasteiger partial charge >= 0.3 is 12.0 Å². The fraction of sp³-hybridized carbons (Fsp3) is 0.429. The molecule has 1 fully saturated rings. The first-order chi connectivity index (χ1) is 9.60. The van der Waals surface area contributed by atoms with E-state index in [1.807, 2.05) is 18.2 Å². The first-order valence-electron chi connectivity index (χ1n) is 6.57. The molecule has 0 atom stereocenters. The first kappa shape index (κ1) is 14.7. The van der Waals surface area contributed by atoms with Gasteiger partial charge in [-0.25, -0.2) is 4.79 Å². The van der Waals surface area contributed by atoms with Gasteiger partial charge in [-0.2, -0.15) is 0 Å². The molecule has 2 rings (SSSR count). The summed E-state index contributed by atoms with van der Waals surface area (Å²) in [6.45, 7) is 0.755.